The van der Waals surface area contributed by atoms with Crippen LogP contribution in [0.3, 0.4) is 0 Å². The van der Waals surface area contributed by atoms with E-state index in [1.807, 2.05) is 18.2 Å². The summed E-state index contributed by atoms with van der Waals surface area (Å²) >= 11 is 0. The van der Waals surface area contributed by atoms with Crippen molar-refractivity contribution in [2.75, 3.05) is 32.7 Å². The molecule has 188 valence electrons. The van der Waals surface area contributed by atoms with Crippen LogP contribution in [0.2, 0.25) is 0 Å². The molecule has 0 spiro atoms. The number of amides is 1. The predicted octanol–water partition coefficient (Wildman–Crippen LogP) is 2.99. The largest absolute Gasteiger partial charge is 0.379 e. The minimum atomic E-state index is -1.01. The molecular weight excluding hydrogens is 465 g/mol. The second-order valence-electron chi connectivity index (χ2n) is 9.27. The lowest BCUT2D eigenvalue weighted by molar-refractivity contribution is -0.0592. The third-order valence-corrected chi connectivity index (χ3v) is 7.27. The average molecular weight is 494 g/mol. The third-order valence-electron chi connectivity index (χ3n) is 7.27. The fourth-order valence-corrected chi connectivity index (χ4v) is 5.09. The summed E-state index contributed by atoms with van der Waals surface area (Å²) in [7, 11) is 3.49. The van der Waals surface area contributed by atoms with Gasteiger partial charge in [-0.15, -0.1) is 0 Å². The van der Waals surface area contributed by atoms with Crippen molar-refractivity contribution in [3.8, 4) is 11.3 Å². The number of nitrogens with one attached hydrogen (secondary N) is 2. The van der Waals surface area contributed by atoms with Gasteiger partial charge in [0.15, 0.2) is 5.65 Å². The van der Waals surface area contributed by atoms with Crippen LogP contribution in [0, 0.1) is 0 Å². The number of fused-ring (bicyclic) bond motifs is 2. The topological polar surface area (TPSA) is 108 Å². The van der Waals surface area contributed by atoms with Crippen molar-refractivity contribution in [2.45, 2.75) is 43.6 Å². The lowest BCUT2D eigenvalue weighted by Gasteiger charge is -2.31. The normalized spacial score (nSPS) is 24.1. The highest BCUT2D eigenvalue weighted by molar-refractivity contribution is 6.01. The van der Waals surface area contributed by atoms with Crippen LogP contribution in [0.25, 0.3) is 27.9 Å². The van der Waals surface area contributed by atoms with Gasteiger partial charge in [-0.3, -0.25) is 4.79 Å². The Labute approximate surface area is 206 Å². The monoisotopic (exact) mass is 493 g/mol. The summed E-state index contributed by atoms with van der Waals surface area (Å²) in [5.41, 5.74) is 3.09. The van der Waals surface area contributed by atoms with E-state index in [2.05, 4.69) is 31.5 Å². The summed E-state index contributed by atoms with van der Waals surface area (Å²) in [5, 5.41) is 11.2. The van der Waals surface area contributed by atoms with E-state index < -0.39 is 12.2 Å². The second kappa shape index (κ2) is 9.14. The third kappa shape index (κ3) is 3.70. The molecule has 0 bridgehead atoms. The van der Waals surface area contributed by atoms with Gasteiger partial charge in [0.05, 0.1) is 30.6 Å². The average Bonchev–Trinajstić information content (AvgIpc) is 3.52. The summed E-state index contributed by atoms with van der Waals surface area (Å²) in [5.74, 6) is 0.296. The quantitative estimate of drug-likeness (QED) is 0.425. The fourth-order valence-electron chi connectivity index (χ4n) is 5.09. The molecule has 0 radical (unpaired) electrons. The van der Waals surface area contributed by atoms with Gasteiger partial charge in [-0.2, -0.15) is 9.61 Å². The Kier molecular flexibility index (Phi) is 5.81. The van der Waals surface area contributed by atoms with Gasteiger partial charge in [-0.25, -0.2) is 14.4 Å². The molecule has 4 aromatic heterocycles. The van der Waals surface area contributed by atoms with E-state index in [1.54, 1.807) is 24.9 Å². The number of pyridine rings is 1. The van der Waals surface area contributed by atoms with E-state index >= 15 is 0 Å². The number of hydrogen-bond donors (Lipinski definition) is 2. The van der Waals surface area contributed by atoms with Gasteiger partial charge in [0.2, 0.25) is 0 Å². The highest BCUT2D eigenvalue weighted by Crippen LogP contribution is 2.35. The van der Waals surface area contributed by atoms with Gasteiger partial charge >= 0.3 is 0 Å². The van der Waals surface area contributed by atoms with Gasteiger partial charge in [-0.05, 0) is 31.4 Å². The van der Waals surface area contributed by atoms with Crippen molar-refractivity contribution < 1.29 is 18.7 Å². The maximum absolute atomic E-state index is 13.8. The smallest absolute Gasteiger partial charge is 0.257 e. The van der Waals surface area contributed by atoms with E-state index in [9.17, 15) is 9.18 Å². The number of alkyl halides is 1. The van der Waals surface area contributed by atoms with Gasteiger partial charge < -0.3 is 24.7 Å². The number of ether oxygens (including phenoxy) is 2. The van der Waals surface area contributed by atoms with Crippen LogP contribution in [0.4, 0.5) is 10.2 Å². The Morgan fingerprint density at radius 3 is 2.92 bits per heavy atom. The first kappa shape index (κ1) is 22.9. The molecule has 0 aromatic carbocycles. The standard InChI is InChI=1S/C25H28FN7O3/c1-27-22-10-19(30-24-15(11-29-33(22)24)25(34)31-18-6-5-17(18)26)16-12-32(23-14(16)4-3-8-28-23)20-7-9-36-13-21(20)35-2/h3-4,8,10-12,17-18,20-21,27H,5-7,9,13H2,1-2H3,(H,31,34)/t17-,18+,20+,21+/m0/s1. The van der Waals surface area contributed by atoms with Crippen LogP contribution in [0.1, 0.15) is 35.7 Å². The zero-order valence-electron chi connectivity index (χ0n) is 20.1. The summed E-state index contributed by atoms with van der Waals surface area (Å²) < 4.78 is 28.9. The van der Waals surface area contributed by atoms with Crippen molar-refractivity contribution in [3.63, 3.8) is 0 Å². The van der Waals surface area contributed by atoms with Crippen LogP contribution in [0.5, 0.6) is 0 Å². The summed E-state index contributed by atoms with van der Waals surface area (Å²) in [6, 6.07) is 5.42. The second-order valence-corrected chi connectivity index (χ2v) is 9.27. The molecule has 2 aliphatic rings. The molecule has 4 atom stereocenters. The maximum Gasteiger partial charge on any atom is 0.257 e. The number of hydrogen-bond acceptors (Lipinski definition) is 7. The number of methoxy groups -OCH3 is 1. The molecule has 1 saturated carbocycles. The zero-order valence-corrected chi connectivity index (χ0v) is 20.1. The predicted molar refractivity (Wildman–Crippen MR) is 132 cm³/mol. The maximum atomic E-state index is 13.8. The SMILES string of the molecule is CNc1cc(-c2cn([C@@H]3CCOC[C@H]3OC)c3ncccc23)nc2c(C(=O)N[C@@H]3CC[C@@H]3F)cnn12. The van der Waals surface area contributed by atoms with Gasteiger partial charge in [-0.1, -0.05) is 0 Å². The first-order chi connectivity index (χ1) is 17.6. The molecule has 1 aliphatic carbocycles. The number of carbonyl (C=O) groups is 1. The van der Waals surface area contributed by atoms with E-state index in [0.29, 0.717) is 48.8 Å². The lowest BCUT2D eigenvalue weighted by Crippen LogP contribution is -2.48. The van der Waals surface area contributed by atoms with Crippen molar-refractivity contribution in [2.24, 2.45) is 0 Å². The minimum Gasteiger partial charge on any atom is -0.379 e. The molecule has 2 N–H and O–H groups in total. The van der Waals surface area contributed by atoms with Crippen molar-refractivity contribution >= 4 is 28.4 Å². The molecule has 1 aliphatic heterocycles. The Balaban J connectivity index is 1.47. The van der Waals surface area contributed by atoms with E-state index in [4.69, 9.17) is 14.5 Å². The van der Waals surface area contributed by atoms with Crippen LogP contribution in [-0.2, 0) is 9.47 Å². The number of anilines is 1. The van der Waals surface area contributed by atoms with Crippen molar-refractivity contribution in [3.05, 3.63) is 42.4 Å². The Morgan fingerprint density at radius 1 is 1.28 bits per heavy atom. The van der Waals surface area contributed by atoms with Crippen LogP contribution >= 0.6 is 0 Å². The van der Waals surface area contributed by atoms with E-state index in [1.165, 1.54) is 6.20 Å². The molecule has 6 rings (SSSR count). The summed E-state index contributed by atoms with van der Waals surface area (Å²) in [6.45, 7) is 1.17. The zero-order chi connectivity index (χ0) is 24.8. The molecule has 11 heteroatoms. The van der Waals surface area contributed by atoms with Crippen LogP contribution in [0.15, 0.2) is 36.8 Å². The molecule has 36 heavy (non-hydrogen) atoms. The van der Waals surface area contributed by atoms with E-state index in [-0.39, 0.29) is 18.1 Å². The number of nitrogens with zero attached hydrogens (tertiary/aromatic N) is 5. The molecule has 5 heterocycles. The molecule has 10 nitrogen and oxygen atoms in total. The molecule has 1 amide bonds. The first-order valence-corrected chi connectivity index (χ1v) is 12.2. The van der Waals surface area contributed by atoms with Crippen LogP contribution in [-0.4, -0.2) is 75.7 Å². The van der Waals surface area contributed by atoms with Gasteiger partial charge in [0.25, 0.3) is 5.91 Å². The lowest BCUT2D eigenvalue weighted by atomic mass is 9.90. The van der Waals surface area contributed by atoms with Crippen LogP contribution < -0.4 is 10.6 Å². The molecule has 4 aromatic rings. The highest BCUT2D eigenvalue weighted by Gasteiger charge is 2.33. The van der Waals surface area contributed by atoms with E-state index in [0.717, 1.165) is 23.0 Å². The highest BCUT2D eigenvalue weighted by atomic mass is 19.1. The number of carbonyl (C=O) groups excluding carboxylic acids is 1. The van der Waals surface area contributed by atoms with Crippen molar-refractivity contribution in [1.82, 2.24) is 29.5 Å². The Hall–Kier alpha value is -3.57. The molecular formula is C25H28FN7O3. The fraction of sp³-hybridized carbons (Fsp3) is 0.440. The Morgan fingerprint density at radius 2 is 2.17 bits per heavy atom. The number of aromatic nitrogens is 5. The summed E-state index contributed by atoms with van der Waals surface area (Å²) in [4.78, 5) is 22.5. The van der Waals surface area contributed by atoms with Crippen molar-refractivity contribution in [1.29, 1.82) is 0 Å². The molecule has 2 fully saturated rings. The molecule has 0 unspecified atom stereocenters. The first-order valence-electron chi connectivity index (χ1n) is 12.2. The van der Waals surface area contributed by atoms with Gasteiger partial charge in [0.1, 0.15) is 29.3 Å². The number of rotatable bonds is 6. The molecule has 1 saturated heterocycles. The van der Waals surface area contributed by atoms with Gasteiger partial charge in [0, 0.05) is 50.2 Å². The minimum absolute atomic E-state index is 0.0647. The number of halogens is 1. The Bertz CT molecular complexity index is 1430. The summed E-state index contributed by atoms with van der Waals surface area (Å²) in [6.07, 6.45) is 6.11.